The fraction of sp³-hybridized carbons (Fsp3) is 0.583. The summed E-state index contributed by atoms with van der Waals surface area (Å²) in [5.41, 5.74) is 0. The second-order valence-corrected chi connectivity index (χ2v) is 4.96. The molecule has 0 unspecified atom stereocenters. The van der Waals surface area contributed by atoms with Gasteiger partial charge in [0.2, 0.25) is 5.88 Å². The molecule has 3 nitrogen and oxygen atoms in total. The van der Waals surface area contributed by atoms with E-state index in [-0.39, 0.29) is 0 Å². The second kappa shape index (κ2) is 6.21. The zero-order valence-corrected chi connectivity index (χ0v) is 10.9. The van der Waals surface area contributed by atoms with Crippen LogP contribution in [-0.2, 0) is 0 Å². The van der Waals surface area contributed by atoms with Gasteiger partial charge in [0.25, 0.3) is 0 Å². The minimum Gasteiger partial charge on any atom is -0.478 e. The molecule has 1 saturated heterocycles. The van der Waals surface area contributed by atoms with Gasteiger partial charge in [-0.2, -0.15) is 0 Å². The third kappa shape index (κ3) is 3.76. The minimum atomic E-state index is 0.707. The lowest BCUT2D eigenvalue weighted by atomic mass is 9.97. The molecule has 1 aromatic rings. The molecule has 1 aliphatic heterocycles. The van der Waals surface area contributed by atoms with Gasteiger partial charge in [-0.3, -0.25) is 0 Å². The first-order valence-electron chi connectivity index (χ1n) is 5.80. The number of pyridine rings is 1. The lowest BCUT2D eigenvalue weighted by molar-refractivity contribution is 0.247. The Morgan fingerprint density at radius 3 is 3.19 bits per heavy atom. The average molecular weight is 285 g/mol. The van der Waals surface area contributed by atoms with Crippen LogP contribution >= 0.6 is 15.9 Å². The number of piperidine rings is 1. The molecule has 1 N–H and O–H groups in total. The fourth-order valence-electron chi connectivity index (χ4n) is 1.97. The predicted molar refractivity (Wildman–Crippen MR) is 67.6 cm³/mol. The van der Waals surface area contributed by atoms with E-state index in [1.165, 1.54) is 19.4 Å². The highest BCUT2D eigenvalue weighted by Gasteiger charge is 2.12. The monoisotopic (exact) mass is 284 g/mol. The number of hydrogen-bond acceptors (Lipinski definition) is 3. The Balaban J connectivity index is 1.71. The number of halogens is 1. The van der Waals surface area contributed by atoms with Crippen molar-refractivity contribution in [1.29, 1.82) is 0 Å². The van der Waals surface area contributed by atoms with Crippen LogP contribution in [0.3, 0.4) is 0 Å². The normalized spacial score (nSPS) is 20.7. The first-order chi connectivity index (χ1) is 7.84. The molecular weight excluding hydrogens is 268 g/mol. The summed E-state index contributed by atoms with van der Waals surface area (Å²) >= 11 is 3.33. The maximum Gasteiger partial charge on any atom is 0.214 e. The molecule has 0 spiro atoms. The Kier molecular flexibility index (Phi) is 4.60. The van der Waals surface area contributed by atoms with Crippen LogP contribution < -0.4 is 10.1 Å². The molecule has 16 heavy (non-hydrogen) atoms. The number of rotatable bonds is 4. The zero-order chi connectivity index (χ0) is 11.2. The van der Waals surface area contributed by atoms with Gasteiger partial charge >= 0.3 is 0 Å². The summed E-state index contributed by atoms with van der Waals surface area (Å²) in [6, 6.07) is 5.73. The third-order valence-electron chi connectivity index (χ3n) is 2.86. The first kappa shape index (κ1) is 11.9. The molecule has 0 bridgehead atoms. The Labute approximate surface area is 105 Å². The van der Waals surface area contributed by atoms with Crippen molar-refractivity contribution in [1.82, 2.24) is 10.3 Å². The first-order valence-corrected chi connectivity index (χ1v) is 6.60. The zero-order valence-electron chi connectivity index (χ0n) is 9.29. The summed E-state index contributed by atoms with van der Waals surface area (Å²) in [6.07, 6.45) is 3.73. The molecule has 2 heterocycles. The minimum absolute atomic E-state index is 0.707. The van der Waals surface area contributed by atoms with Gasteiger partial charge < -0.3 is 10.1 Å². The van der Waals surface area contributed by atoms with Crippen molar-refractivity contribution in [2.45, 2.75) is 19.3 Å². The van der Waals surface area contributed by atoms with E-state index in [1.54, 1.807) is 0 Å². The van der Waals surface area contributed by atoms with Crippen molar-refractivity contribution in [3.63, 3.8) is 0 Å². The van der Waals surface area contributed by atoms with Crippen molar-refractivity contribution in [3.05, 3.63) is 22.8 Å². The molecule has 1 fully saturated rings. The van der Waals surface area contributed by atoms with Gasteiger partial charge in [-0.15, -0.1) is 0 Å². The van der Waals surface area contributed by atoms with Crippen molar-refractivity contribution >= 4 is 15.9 Å². The second-order valence-electron chi connectivity index (χ2n) is 4.15. The van der Waals surface area contributed by atoms with Crippen LogP contribution in [0.5, 0.6) is 5.88 Å². The maximum absolute atomic E-state index is 5.62. The summed E-state index contributed by atoms with van der Waals surface area (Å²) in [4.78, 5) is 4.23. The molecule has 0 aliphatic carbocycles. The van der Waals surface area contributed by atoms with Gasteiger partial charge in [0.15, 0.2) is 0 Å². The summed E-state index contributed by atoms with van der Waals surface area (Å²) in [5, 5.41) is 3.41. The largest absolute Gasteiger partial charge is 0.478 e. The third-order valence-corrected chi connectivity index (χ3v) is 3.31. The number of hydrogen-bond donors (Lipinski definition) is 1. The van der Waals surface area contributed by atoms with E-state index < -0.39 is 0 Å². The molecule has 0 saturated carbocycles. The van der Waals surface area contributed by atoms with Crippen LogP contribution in [0.2, 0.25) is 0 Å². The molecule has 0 radical (unpaired) electrons. The van der Waals surface area contributed by atoms with E-state index in [2.05, 4.69) is 26.2 Å². The molecule has 0 amide bonds. The highest BCUT2D eigenvalue weighted by molar-refractivity contribution is 9.10. The van der Waals surface area contributed by atoms with Crippen molar-refractivity contribution < 1.29 is 4.74 Å². The van der Waals surface area contributed by atoms with Crippen LogP contribution in [0.1, 0.15) is 19.3 Å². The maximum atomic E-state index is 5.62. The van der Waals surface area contributed by atoms with Crippen LogP contribution in [0.25, 0.3) is 0 Å². The van der Waals surface area contributed by atoms with Gasteiger partial charge in [-0.1, -0.05) is 6.07 Å². The number of nitrogens with one attached hydrogen (secondary N) is 1. The Bertz CT molecular complexity index is 327. The van der Waals surface area contributed by atoms with Crippen molar-refractivity contribution in [2.24, 2.45) is 5.92 Å². The van der Waals surface area contributed by atoms with Gasteiger partial charge in [0.05, 0.1) is 6.61 Å². The highest BCUT2D eigenvalue weighted by Crippen LogP contribution is 2.16. The molecular formula is C12H17BrN2O. The molecule has 1 aliphatic rings. The summed E-state index contributed by atoms with van der Waals surface area (Å²) in [5.74, 6) is 1.47. The molecule has 1 atom stereocenters. The lowest BCUT2D eigenvalue weighted by Gasteiger charge is -2.22. The molecule has 88 valence electrons. The van der Waals surface area contributed by atoms with E-state index in [9.17, 15) is 0 Å². The Hall–Kier alpha value is -0.610. The van der Waals surface area contributed by atoms with Gasteiger partial charge in [0.1, 0.15) is 4.60 Å². The fourth-order valence-corrected chi connectivity index (χ4v) is 2.30. The topological polar surface area (TPSA) is 34.1 Å². The number of aromatic nitrogens is 1. The molecule has 4 heteroatoms. The van der Waals surface area contributed by atoms with E-state index in [4.69, 9.17) is 4.74 Å². The summed E-state index contributed by atoms with van der Waals surface area (Å²) < 4.78 is 6.44. The van der Waals surface area contributed by atoms with Crippen molar-refractivity contribution in [3.8, 4) is 5.88 Å². The Morgan fingerprint density at radius 1 is 1.50 bits per heavy atom. The summed E-state index contributed by atoms with van der Waals surface area (Å²) in [7, 11) is 0. The lowest BCUT2D eigenvalue weighted by Crippen LogP contribution is -2.30. The summed E-state index contributed by atoms with van der Waals surface area (Å²) in [6.45, 7) is 3.07. The SMILES string of the molecule is Brc1cccc(OCC[C@@H]2CCCNC2)n1. The predicted octanol–water partition coefficient (Wildman–Crippen LogP) is 2.61. The van der Waals surface area contributed by atoms with E-state index in [1.807, 2.05) is 18.2 Å². The van der Waals surface area contributed by atoms with Gasteiger partial charge in [0, 0.05) is 6.07 Å². The van der Waals surface area contributed by atoms with E-state index in [0.717, 1.165) is 30.1 Å². The number of ether oxygens (including phenoxy) is 1. The average Bonchev–Trinajstić information content (AvgIpc) is 2.30. The quantitative estimate of drug-likeness (QED) is 0.863. The Morgan fingerprint density at radius 2 is 2.44 bits per heavy atom. The van der Waals surface area contributed by atoms with Crippen LogP contribution in [0, 0.1) is 5.92 Å². The van der Waals surface area contributed by atoms with Gasteiger partial charge in [-0.05, 0) is 60.3 Å². The van der Waals surface area contributed by atoms with Crippen LogP contribution in [-0.4, -0.2) is 24.7 Å². The molecule has 2 rings (SSSR count). The number of nitrogens with zero attached hydrogens (tertiary/aromatic N) is 1. The van der Waals surface area contributed by atoms with Crippen LogP contribution in [0.4, 0.5) is 0 Å². The molecule has 1 aromatic heterocycles. The standard InChI is InChI=1S/C12H17BrN2O/c13-11-4-1-5-12(15-11)16-8-6-10-3-2-7-14-9-10/h1,4-5,10,14H,2-3,6-9H2/t10-/m0/s1. The molecule has 0 aromatic carbocycles. The van der Waals surface area contributed by atoms with Crippen LogP contribution in [0.15, 0.2) is 22.8 Å². The smallest absolute Gasteiger partial charge is 0.214 e. The van der Waals surface area contributed by atoms with Crippen molar-refractivity contribution in [2.75, 3.05) is 19.7 Å². The van der Waals surface area contributed by atoms with E-state index >= 15 is 0 Å². The van der Waals surface area contributed by atoms with Gasteiger partial charge in [-0.25, -0.2) is 4.98 Å². The van der Waals surface area contributed by atoms with E-state index in [0.29, 0.717) is 5.88 Å². The highest BCUT2D eigenvalue weighted by atomic mass is 79.9.